The van der Waals surface area contributed by atoms with E-state index in [4.69, 9.17) is 4.74 Å². The third-order valence-electron chi connectivity index (χ3n) is 3.34. The molecule has 0 atom stereocenters. The van der Waals surface area contributed by atoms with Crippen LogP contribution in [0.5, 0.6) is 0 Å². The largest absolute Gasteiger partial charge is 0.462 e. The van der Waals surface area contributed by atoms with E-state index < -0.39 is 22.6 Å². The summed E-state index contributed by atoms with van der Waals surface area (Å²) in [5, 5.41) is 0.534. The molecule has 0 fully saturated rings. The van der Waals surface area contributed by atoms with Gasteiger partial charge in [-0.25, -0.2) is 4.79 Å². The molecule has 3 rings (SSSR count). The van der Waals surface area contributed by atoms with E-state index in [0.29, 0.717) is 22.4 Å². The summed E-state index contributed by atoms with van der Waals surface area (Å²) in [6.45, 7) is 1.52. The average molecular weight is 352 g/mol. The summed E-state index contributed by atoms with van der Waals surface area (Å²) in [5.41, 5.74) is -0.523. The number of pyridine rings is 1. The molecule has 0 aliphatic heterocycles. The van der Waals surface area contributed by atoms with Gasteiger partial charge in [-0.3, -0.25) is 4.98 Å². The van der Waals surface area contributed by atoms with Crippen LogP contribution in [-0.2, 0) is 10.9 Å². The lowest BCUT2D eigenvalue weighted by atomic mass is 10.0. The minimum Gasteiger partial charge on any atom is -0.462 e. The van der Waals surface area contributed by atoms with Gasteiger partial charge in [-0.1, -0.05) is 18.2 Å². The molecule has 8 heteroatoms. The number of benzene rings is 1. The molecule has 0 N–H and O–H groups in total. The van der Waals surface area contributed by atoms with E-state index in [0.717, 1.165) is 0 Å². The van der Waals surface area contributed by atoms with Crippen LogP contribution in [0, 0.1) is 0 Å². The lowest BCUT2D eigenvalue weighted by molar-refractivity contribution is -0.137. The standard InChI is InChI=1S/C16H11F3N2O2S/c1-2-23-15(22)14-12(16(17,18)19)13(21-24-14)10-5-3-7-11-9(10)6-4-8-20-11/h3-8H,2H2,1H3. The number of esters is 1. The Hall–Kier alpha value is -2.48. The fraction of sp³-hybridized carbons (Fsp3) is 0.188. The van der Waals surface area contributed by atoms with Gasteiger partial charge < -0.3 is 4.74 Å². The van der Waals surface area contributed by atoms with Crippen LogP contribution in [0.3, 0.4) is 0 Å². The fourth-order valence-electron chi connectivity index (χ4n) is 2.38. The normalized spacial score (nSPS) is 11.7. The minimum absolute atomic E-state index is 0.0123. The third-order valence-corrected chi connectivity index (χ3v) is 4.16. The molecule has 0 aliphatic rings. The summed E-state index contributed by atoms with van der Waals surface area (Å²) in [5.74, 6) is -1.02. The maximum absolute atomic E-state index is 13.6. The van der Waals surface area contributed by atoms with Crippen LogP contribution in [0.25, 0.3) is 22.2 Å². The zero-order valence-electron chi connectivity index (χ0n) is 12.4. The molecule has 2 aromatic heterocycles. The van der Waals surface area contributed by atoms with Crippen molar-refractivity contribution < 1.29 is 22.7 Å². The van der Waals surface area contributed by atoms with Crippen LogP contribution in [-0.4, -0.2) is 21.9 Å². The molecule has 0 saturated carbocycles. The van der Waals surface area contributed by atoms with E-state index in [1.54, 1.807) is 30.5 Å². The third kappa shape index (κ3) is 2.84. The second-order valence-corrected chi connectivity index (χ2v) is 5.60. The second-order valence-electron chi connectivity index (χ2n) is 4.83. The molecule has 2 heterocycles. The van der Waals surface area contributed by atoms with E-state index in [9.17, 15) is 18.0 Å². The van der Waals surface area contributed by atoms with Crippen molar-refractivity contribution in [2.45, 2.75) is 13.1 Å². The fourth-order valence-corrected chi connectivity index (χ4v) is 3.19. The van der Waals surface area contributed by atoms with Crippen molar-refractivity contribution in [1.82, 2.24) is 9.36 Å². The highest BCUT2D eigenvalue weighted by atomic mass is 32.1. The highest BCUT2D eigenvalue weighted by Crippen LogP contribution is 2.42. The van der Waals surface area contributed by atoms with Gasteiger partial charge in [-0.15, -0.1) is 0 Å². The molecule has 0 saturated heterocycles. The van der Waals surface area contributed by atoms with Crippen LogP contribution < -0.4 is 0 Å². The highest BCUT2D eigenvalue weighted by molar-refractivity contribution is 7.08. The minimum atomic E-state index is -4.73. The zero-order valence-corrected chi connectivity index (χ0v) is 13.2. The topological polar surface area (TPSA) is 52.1 Å². The maximum atomic E-state index is 13.6. The molecule has 4 nitrogen and oxygen atoms in total. The van der Waals surface area contributed by atoms with Gasteiger partial charge in [0.05, 0.1) is 17.8 Å². The van der Waals surface area contributed by atoms with Crippen molar-refractivity contribution in [3.63, 3.8) is 0 Å². The molecule has 0 bridgehead atoms. The predicted molar refractivity (Wildman–Crippen MR) is 83.8 cm³/mol. The first-order chi connectivity index (χ1) is 11.4. The summed E-state index contributed by atoms with van der Waals surface area (Å²) >= 11 is 0.490. The highest BCUT2D eigenvalue weighted by Gasteiger charge is 2.41. The molecule has 124 valence electrons. The zero-order chi connectivity index (χ0) is 17.3. The SMILES string of the molecule is CCOC(=O)c1snc(-c2cccc3ncccc23)c1C(F)(F)F. The Bertz CT molecular complexity index is 900. The molecule has 0 aliphatic carbocycles. The van der Waals surface area contributed by atoms with E-state index in [2.05, 4.69) is 9.36 Å². The van der Waals surface area contributed by atoms with Crippen LogP contribution in [0.15, 0.2) is 36.5 Å². The first-order valence-corrected chi connectivity index (χ1v) is 7.79. The number of fused-ring (bicyclic) bond motifs is 1. The number of aromatic nitrogens is 2. The molecule has 1 aromatic carbocycles. The van der Waals surface area contributed by atoms with Crippen LogP contribution in [0.2, 0.25) is 0 Å². The Labute approximate surface area is 139 Å². The van der Waals surface area contributed by atoms with Gasteiger partial charge in [0.25, 0.3) is 0 Å². The van der Waals surface area contributed by atoms with E-state index in [1.807, 2.05) is 0 Å². The smallest absolute Gasteiger partial charge is 0.420 e. The molecule has 0 spiro atoms. The van der Waals surface area contributed by atoms with Gasteiger partial charge >= 0.3 is 12.1 Å². The monoisotopic (exact) mass is 352 g/mol. The van der Waals surface area contributed by atoms with Crippen LogP contribution >= 0.6 is 11.5 Å². The molecular formula is C16H11F3N2O2S. The molecule has 24 heavy (non-hydrogen) atoms. The lowest BCUT2D eigenvalue weighted by Gasteiger charge is -2.11. The summed E-state index contributed by atoms with van der Waals surface area (Å²) in [6, 6.07) is 8.14. The number of hydrogen-bond donors (Lipinski definition) is 0. The molecule has 0 unspecified atom stereocenters. The Morgan fingerprint density at radius 1 is 1.25 bits per heavy atom. The summed E-state index contributed by atoms with van der Waals surface area (Å²) in [7, 11) is 0. The number of ether oxygens (including phenoxy) is 1. The van der Waals surface area contributed by atoms with Crippen molar-refractivity contribution in [1.29, 1.82) is 0 Å². The summed E-state index contributed by atoms with van der Waals surface area (Å²) in [6.07, 6.45) is -3.17. The van der Waals surface area contributed by atoms with Crippen molar-refractivity contribution in [3.05, 3.63) is 47.0 Å². The van der Waals surface area contributed by atoms with Crippen LogP contribution in [0.1, 0.15) is 22.2 Å². The van der Waals surface area contributed by atoms with Gasteiger partial charge in [0.15, 0.2) is 0 Å². The van der Waals surface area contributed by atoms with Gasteiger partial charge in [0, 0.05) is 17.1 Å². The van der Waals surface area contributed by atoms with Crippen molar-refractivity contribution in [2.24, 2.45) is 0 Å². The second kappa shape index (κ2) is 6.20. The Morgan fingerprint density at radius 3 is 2.75 bits per heavy atom. The number of carbonyl (C=O) groups is 1. The van der Waals surface area contributed by atoms with Crippen molar-refractivity contribution in [3.8, 4) is 11.3 Å². The molecule has 3 aromatic rings. The quantitative estimate of drug-likeness (QED) is 0.649. The number of halogens is 3. The number of hydrogen-bond acceptors (Lipinski definition) is 5. The first kappa shape index (κ1) is 16.4. The Morgan fingerprint density at radius 2 is 2.04 bits per heavy atom. The molecular weight excluding hydrogens is 341 g/mol. The number of rotatable bonds is 3. The Balaban J connectivity index is 2.26. The predicted octanol–water partition coefficient (Wildman–Crippen LogP) is 4.55. The number of alkyl halides is 3. The van der Waals surface area contributed by atoms with Gasteiger partial charge in [-0.05, 0) is 30.6 Å². The van der Waals surface area contributed by atoms with Crippen molar-refractivity contribution in [2.75, 3.05) is 6.61 Å². The lowest BCUT2D eigenvalue weighted by Crippen LogP contribution is -2.13. The maximum Gasteiger partial charge on any atom is 0.420 e. The first-order valence-electron chi connectivity index (χ1n) is 7.01. The van der Waals surface area contributed by atoms with Gasteiger partial charge in [0.2, 0.25) is 0 Å². The van der Waals surface area contributed by atoms with E-state index in [-0.39, 0.29) is 17.9 Å². The Kier molecular flexibility index (Phi) is 4.23. The summed E-state index contributed by atoms with van der Waals surface area (Å²) in [4.78, 5) is 15.4. The van der Waals surface area contributed by atoms with Gasteiger partial charge in [-0.2, -0.15) is 17.5 Å². The van der Waals surface area contributed by atoms with Gasteiger partial charge in [0.1, 0.15) is 10.4 Å². The molecule has 0 radical (unpaired) electrons. The van der Waals surface area contributed by atoms with E-state index >= 15 is 0 Å². The average Bonchev–Trinajstić information content (AvgIpc) is 3.00. The molecule has 0 amide bonds. The number of nitrogens with zero attached hydrogens (tertiary/aromatic N) is 2. The van der Waals surface area contributed by atoms with Crippen LogP contribution in [0.4, 0.5) is 13.2 Å². The number of carbonyl (C=O) groups excluding carboxylic acids is 1. The van der Waals surface area contributed by atoms with E-state index in [1.165, 1.54) is 13.0 Å². The summed E-state index contributed by atoms with van der Waals surface area (Å²) < 4.78 is 49.3. The van der Waals surface area contributed by atoms with Crippen molar-refractivity contribution >= 4 is 28.4 Å².